The quantitative estimate of drug-likeness (QED) is 0.774. The van der Waals surface area contributed by atoms with Crippen molar-refractivity contribution < 1.29 is 14.7 Å². The Hall–Kier alpha value is -1.49. The van der Waals surface area contributed by atoms with E-state index in [4.69, 9.17) is 5.11 Å². The summed E-state index contributed by atoms with van der Waals surface area (Å²) in [4.78, 5) is 22.7. The number of nitrogens with one attached hydrogen (secondary N) is 1. The number of benzene rings is 1. The Morgan fingerprint density at radius 3 is 2.75 bits per heavy atom. The number of hydrogen-bond acceptors (Lipinski definition) is 3. The molecule has 0 aliphatic carbocycles. The number of carboxylic acids is 1. The van der Waals surface area contributed by atoms with E-state index < -0.39 is 5.97 Å². The molecular weight excluding hydrogens is 274 g/mol. The second-order valence-corrected chi connectivity index (χ2v) is 5.58. The fourth-order valence-corrected chi connectivity index (χ4v) is 2.43. The molecule has 2 N–H and O–H groups in total. The number of thioether (sulfide) groups is 1. The zero-order chi connectivity index (χ0) is 15.0. The van der Waals surface area contributed by atoms with Gasteiger partial charge in [-0.15, -0.1) is 0 Å². The first-order valence-electron chi connectivity index (χ1n) is 6.64. The maximum atomic E-state index is 12.0. The van der Waals surface area contributed by atoms with E-state index in [0.717, 1.165) is 17.7 Å². The zero-order valence-electron chi connectivity index (χ0n) is 11.9. The van der Waals surface area contributed by atoms with Gasteiger partial charge in [0.15, 0.2) is 0 Å². The molecule has 0 spiro atoms. The molecule has 20 heavy (non-hydrogen) atoms. The summed E-state index contributed by atoms with van der Waals surface area (Å²) < 4.78 is 0. The molecule has 1 amide bonds. The van der Waals surface area contributed by atoms with Crippen molar-refractivity contribution in [2.75, 3.05) is 12.8 Å². The van der Waals surface area contributed by atoms with Crippen LogP contribution in [0.4, 0.5) is 0 Å². The number of aliphatic carboxylic acids is 1. The fraction of sp³-hybridized carbons (Fsp3) is 0.467. The second kappa shape index (κ2) is 8.64. The van der Waals surface area contributed by atoms with Crippen LogP contribution in [0.2, 0.25) is 0 Å². The molecule has 4 nitrogen and oxygen atoms in total. The summed E-state index contributed by atoms with van der Waals surface area (Å²) >= 11 is 1.71. The van der Waals surface area contributed by atoms with E-state index in [0.29, 0.717) is 12.1 Å². The molecule has 0 aliphatic heterocycles. The molecule has 1 aromatic rings. The molecule has 0 aromatic heterocycles. The number of carbonyl (C=O) groups is 2. The van der Waals surface area contributed by atoms with E-state index in [1.54, 1.807) is 17.8 Å². The van der Waals surface area contributed by atoms with Crippen molar-refractivity contribution in [2.45, 2.75) is 25.5 Å². The number of carboxylic acid groups (broad SMARTS) is 1. The highest BCUT2D eigenvalue weighted by molar-refractivity contribution is 7.97. The molecular formula is C15H21NO3S. The summed E-state index contributed by atoms with van der Waals surface area (Å²) in [5.41, 5.74) is 1.74. The number of hydrogen-bond donors (Lipinski definition) is 2. The van der Waals surface area contributed by atoms with Gasteiger partial charge < -0.3 is 10.4 Å². The molecule has 5 heteroatoms. The highest BCUT2D eigenvalue weighted by Gasteiger charge is 2.13. The minimum atomic E-state index is -0.826. The topological polar surface area (TPSA) is 66.4 Å². The molecule has 0 saturated carbocycles. The van der Waals surface area contributed by atoms with Crippen molar-refractivity contribution >= 4 is 23.6 Å². The Morgan fingerprint density at radius 2 is 2.15 bits per heavy atom. The lowest BCUT2D eigenvalue weighted by Gasteiger charge is -2.13. The van der Waals surface area contributed by atoms with Crippen molar-refractivity contribution in [2.24, 2.45) is 5.92 Å². The maximum Gasteiger partial charge on any atom is 0.303 e. The van der Waals surface area contributed by atoms with E-state index in [1.165, 1.54) is 0 Å². The van der Waals surface area contributed by atoms with Crippen LogP contribution in [0, 0.1) is 5.92 Å². The zero-order valence-corrected chi connectivity index (χ0v) is 12.7. The first-order chi connectivity index (χ1) is 9.56. The molecule has 0 heterocycles. The Kier molecular flexibility index (Phi) is 7.15. The van der Waals surface area contributed by atoms with Crippen molar-refractivity contribution in [1.82, 2.24) is 5.32 Å². The molecule has 0 aliphatic rings. The molecule has 0 radical (unpaired) electrons. The van der Waals surface area contributed by atoms with E-state index >= 15 is 0 Å². The molecule has 0 fully saturated rings. The van der Waals surface area contributed by atoms with Gasteiger partial charge in [0.05, 0.1) is 0 Å². The smallest absolute Gasteiger partial charge is 0.303 e. The second-order valence-electron chi connectivity index (χ2n) is 4.72. The largest absolute Gasteiger partial charge is 0.481 e. The van der Waals surface area contributed by atoms with Crippen LogP contribution >= 0.6 is 11.8 Å². The van der Waals surface area contributed by atoms with Gasteiger partial charge in [0.1, 0.15) is 0 Å². The minimum Gasteiger partial charge on any atom is -0.481 e. The molecule has 0 bridgehead atoms. The van der Waals surface area contributed by atoms with Crippen molar-refractivity contribution in [3.63, 3.8) is 0 Å². The van der Waals surface area contributed by atoms with Crippen LogP contribution < -0.4 is 5.32 Å². The monoisotopic (exact) mass is 295 g/mol. The third kappa shape index (κ3) is 5.65. The Balaban J connectivity index is 2.57. The molecule has 0 saturated heterocycles. The average Bonchev–Trinajstić information content (AvgIpc) is 2.43. The van der Waals surface area contributed by atoms with E-state index in [-0.39, 0.29) is 18.2 Å². The standard InChI is InChI=1S/C15H21NO3S/c1-3-11(8-14(17)18)9-16-15(19)13-6-4-5-12(7-13)10-20-2/h4-7,11H,3,8-10H2,1-2H3,(H,16,19)(H,17,18). The highest BCUT2D eigenvalue weighted by atomic mass is 32.2. The van der Waals surface area contributed by atoms with Crippen molar-refractivity contribution in [3.05, 3.63) is 35.4 Å². The van der Waals surface area contributed by atoms with Crippen molar-refractivity contribution in [3.8, 4) is 0 Å². The predicted molar refractivity (Wildman–Crippen MR) is 82.0 cm³/mol. The molecule has 1 rings (SSSR count). The van der Waals surface area contributed by atoms with Crippen molar-refractivity contribution in [1.29, 1.82) is 0 Å². The normalized spacial score (nSPS) is 11.9. The Labute approximate surface area is 124 Å². The lowest BCUT2D eigenvalue weighted by Crippen LogP contribution is -2.30. The summed E-state index contributed by atoms with van der Waals surface area (Å²) in [6, 6.07) is 7.52. The molecule has 1 unspecified atom stereocenters. The van der Waals surface area contributed by atoms with Crippen LogP contribution in [0.3, 0.4) is 0 Å². The van der Waals surface area contributed by atoms with E-state index in [1.807, 2.05) is 31.4 Å². The van der Waals surface area contributed by atoms with Crippen LogP contribution in [-0.2, 0) is 10.5 Å². The number of carbonyl (C=O) groups excluding carboxylic acids is 1. The van der Waals surface area contributed by atoms with Crippen LogP contribution in [0.1, 0.15) is 35.7 Å². The van der Waals surface area contributed by atoms with E-state index in [2.05, 4.69) is 5.32 Å². The SMILES string of the molecule is CCC(CNC(=O)c1cccc(CSC)c1)CC(=O)O. The van der Waals surface area contributed by atoms with Gasteiger partial charge in [-0.3, -0.25) is 9.59 Å². The lowest BCUT2D eigenvalue weighted by molar-refractivity contribution is -0.138. The minimum absolute atomic E-state index is 0.0224. The fourth-order valence-electron chi connectivity index (χ4n) is 1.92. The Bertz CT molecular complexity index is 462. The summed E-state index contributed by atoms with van der Waals surface area (Å²) in [5.74, 6) is -0.117. The number of amides is 1. The van der Waals surface area contributed by atoms with Gasteiger partial charge in [0.2, 0.25) is 0 Å². The van der Waals surface area contributed by atoms with Gasteiger partial charge in [-0.05, 0) is 29.9 Å². The van der Waals surface area contributed by atoms with Gasteiger partial charge in [-0.1, -0.05) is 25.5 Å². The third-order valence-electron chi connectivity index (χ3n) is 3.09. The molecule has 1 atom stereocenters. The van der Waals surface area contributed by atoms with Gasteiger partial charge in [-0.2, -0.15) is 11.8 Å². The van der Waals surface area contributed by atoms with Gasteiger partial charge in [0.25, 0.3) is 5.91 Å². The third-order valence-corrected chi connectivity index (χ3v) is 3.71. The first kappa shape index (κ1) is 16.6. The van der Waals surface area contributed by atoms with E-state index in [9.17, 15) is 9.59 Å². The molecule has 110 valence electrons. The maximum absolute atomic E-state index is 12.0. The van der Waals surface area contributed by atoms with Crippen LogP contribution in [0.5, 0.6) is 0 Å². The number of rotatable bonds is 8. The lowest BCUT2D eigenvalue weighted by atomic mass is 10.0. The van der Waals surface area contributed by atoms with Crippen LogP contribution in [0.15, 0.2) is 24.3 Å². The summed E-state index contributed by atoms with van der Waals surface area (Å²) in [7, 11) is 0. The molecule has 1 aromatic carbocycles. The summed E-state index contributed by atoms with van der Waals surface area (Å²) in [5, 5.41) is 11.6. The van der Waals surface area contributed by atoms with Crippen LogP contribution in [0.25, 0.3) is 0 Å². The first-order valence-corrected chi connectivity index (χ1v) is 8.04. The van der Waals surface area contributed by atoms with Gasteiger partial charge in [-0.25, -0.2) is 0 Å². The summed E-state index contributed by atoms with van der Waals surface area (Å²) in [6.45, 7) is 2.33. The van der Waals surface area contributed by atoms with Gasteiger partial charge in [0, 0.05) is 24.3 Å². The predicted octanol–water partition coefficient (Wildman–Crippen LogP) is 2.78. The highest BCUT2D eigenvalue weighted by Crippen LogP contribution is 2.12. The van der Waals surface area contributed by atoms with Gasteiger partial charge >= 0.3 is 5.97 Å². The summed E-state index contributed by atoms with van der Waals surface area (Å²) in [6.07, 6.45) is 2.84. The Morgan fingerprint density at radius 1 is 1.40 bits per heavy atom. The average molecular weight is 295 g/mol. The van der Waals surface area contributed by atoms with Crippen LogP contribution in [-0.4, -0.2) is 29.8 Å².